The van der Waals surface area contributed by atoms with Crippen molar-refractivity contribution in [2.45, 2.75) is 6.18 Å². The van der Waals surface area contributed by atoms with Crippen molar-refractivity contribution in [1.82, 2.24) is 4.98 Å². The topological polar surface area (TPSA) is 42.0 Å². The number of rotatable bonds is 4. The monoisotopic (exact) mass is 332 g/mol. The minimum Gasteiger partial charge on any atom is -0.336 e. The first-order valence-corrected chi connectivity index (χ1v) is 6.88. The van der Waals surface area contributed by atoms with E-state index in [-0.39, 0.29) is 0 Å². The molecule has 3 nitrogen and oxygen atoms in total. The van der Waals surface area contributed by atoms with Crippen LogP contribution in [-0.2, 0) is 4.79 Å². The molecule has 8 heteroatoms. The van der Waals surface area contributed by atoms with Crippen LogP contribution in [-0.4, -0.2) is 16.9 Å². The first-order chi connectivity index (χ1) is 9.88. The van der Waals surface area contributed by atoms with Crippen LogP contribution in [0.1, 0.15) is 0 Å². The van der Waals surface area contributed by atoms with E-state index in [0.29, 0.717) is 10.8 Å². The summed E-state index contributed by atoms with van der Waals surface area (Å²) in [6.07, 6.45) is -4.21. The zero-order valence-corrected chi connectivity index (χ0v) is 11.9. The van der Waals surface area contributed by atoms with Crippen LogP contribution < -0.4 is 5.32 Å². The minimum atomic E-state index is -4.99. The molecule has 21 heavy (non-hydrogen) atoms. The molecule has 2 rings (SSSR count). The van der Waals surface area contributed by atoms with Crippen molar-refractivity contribution in [3.8, 4) is 11.3 Å². The first-order valence-electron chi connectivity index (χ1n) is 5.62. The third kappa shape index (κ3) is 4.05. The van der Waals surface area contributed by atoms with Crippen molar-refractivity contribution in [3.05, 3.63) is 46.9 Å². The second-order valence-electron chi connectivity index (χ2n) is 3.87. The minimum absolute atomic E-state index is 0.335. The summed E-state index contributed by atoms with van der Waals surface area (Å²) in [6, 6.07) is 9.27. The Morgan fingerprint density at radius 3 is 2.57 bits per heavy atom. The van der Waals surface area contributed by atoms with E-state index in [1.165, 1.54) is 11.3 Å². The van der Waals surface area contributed by atoms with Crippen LogP contribution in [0.25, 0.3) is 11.3 Å². The molecule has 0 aliphatic carbocycles. The van der Waals surface area contributed by atoms with E-state index in [0.717, 1.165) is 11.8 Å². The maximum absolute atomic E-state index is 12.1. The second kappa shape index (κ2) is 6.28. The van der Waals surface area contributed by atoms with Crippen LogP contribution in [0.3, 0.4) is 0 Å². The van der Waals surface area contributed by atoms with Crippen LogP contribution in [0, 0.1) is 0 Å². The summed E-state index contributed by atoms with van der Waals surface area (Å²) in [6.45, 7) is 0. The number of anilines is 1. The average Bonchev–Trinajstić information content (AvgIpc) is 2.93. The molecule has 1 N–H and O–H groups in total. The third-order valence-electron chi connectivity index (χ3n) is 2.37. The highest BCUT2D eigenvalue weighted by molar-refractivity contribution is 7.14. The van der Waals surface area contributed by atoms with Crippen molar-refractivity contribution in [2.75, 3.05) is 5.32 Å². The summed E-state index contributed by atoms with van der Waals surface area (Å²) < 4.78 is 36.4. The Labute approximate surface area is 127 Å². The second-order valence-corrected chi connectivity index (χ2v) is 5.13. The number of benzene rings is 1. The van der Waals surface area contributed by atoms with Gasteiger partial charge in [0.2, 0.25) is 0 Å². The van der Waals surface area contributed by atoms with Gasteiger partial charge >= 0.3 is 6.18 Å². The van der Waals surface area contributed by atoms with Crippen LogP contribution >= 0.6 is 22.9 Å². The molecular formula is C13H8ClF3N2OS. The molecule has 0 amide bonds. The quantitative estimate of drug-likeness (QED) is 0.842. The van der Waals surface area contributed by atoms with Gasteiger partial charge in [-0.3, -0.25) is 4.79 Å². The van der Waals surface area contributed by atoms with Crippen molar-refractivity contribution < 1.29 is 18.0 Å². The lowest BCUT2D eigenvalue weighted by atomic mass is 10.2. The highest BCUT2D eigenvalue weighted by Crippen LogP contribution is 2.26. The van der Waals surface area contributed by atoms with Gasteiger partial charge in [0.05, 0.1) is 5.69 Å². The van der Waals surface area contributed by atoms with E-state index < -0.39 is 17.0 Å². The highest BCUT2D eigenvalue weighted by Gasteiger charge is 2.40. The third-order valence-corrected chi connectivity index (χ3v) is 3.42. The van der Waals surface area contributed by atoms with Gasteiger partial charge < -0.3 is 5.32 Å². The van der Waals surface area contributed by atoms with E-state index >= 15 is 0 Å². The Morgan fingerprint density at radius 1 is 1.29 bits per heavy atom. The van der Waals surface area contributed by atoms with Gasteiger partial charge in [-0.1, -0.05) is 41.9 Å². The number of allylic oxidation sites excluding steroid dienone is 1. The Balaban J connectivity index is 2.09. The molecule has 0 unspecified atom stereocenters. The van der Waals surface area contributed by atoms with Gasteiger partial charge in [-0.05, 0) is 0 Å². The molecule has 2 aromatic rings. The lowest BCUT2D eigenvalue weighted by Gasteiger charge is -2.03. The molecule has 0 fully saturated rings. The average molecular weight is 333 g/mol. The summed E-state index contributed by atoms with van der Waals surface area (Å²) in [4.78, 5) is 15.0. The van der Waals surface area contributed by atoms with E-state index in [2.05, 4.69) is 10.3 Å². The largest absolute Gasteiger partial charge is 0.455 e. The Hall–Kier alpha value is -1.86. The molecular weight excluding hydrogens is 325 g/mol. The molecule has 0 saturated carbocycles. The van der Waals surface area contributed by atoms with Crippen molar-refractivity contribution >= 4 is 33.9 Å². The van der Waals surface area contributed by atoms with E-state index in [4.69, 9.17) is 11.6 Å². The van der Waals surface area contributed by atoms with Gasteiger partial charge in [-0.25, -0.2) is 4.98 Å². The number of ketones is 1. The predicted octanol–water partition coefficient (Wildman–Crippen LogP) is 4.43. The molecule has 0 atom stereocenters. The number of hydrogen-bond acceptors (Lipinski definition) is 4. The van der Waals surface area contributed by atoms with Gasteiger partial charge in [-0.2, -0.15) is 13.2 Å². The summed E-state index contributed by atoms with van der Waals surface area (Å²) >= 11 is 6.48. The first kappa shape index (κ1) is 15.5. The predicted molar refractivity (Wildman–Crippen MR) is 76.2 cm³/mol. The fraction of sp³-hybridized carbons (Fsp3) is 0.0769. The summed E-state index contributed by atoms with van der Waals surface area (Å²) in [5, 5.41) is 3.61. The van der Waals surface area contributed by atoms with Gasteiger partial charge in [-0.15, -0.1) is 11.3 Å². The number of carbonyl (C=O) groups excluding carboxylic acids is 1. The molecule has 1 aromatic heterocycles. The molecule has 0 spiro atoms. The molecule has 0 bridgehead atoms. The normalized spacial score (nSPS) is 12.3. The lowest BCUT2D eigenvalue weighted by molar-refractivity contribution is -0.165. The lowest BCUT2D eigenvalue weighted by Crippen LogP contribution is -2.23. The molecule has 0 aliphatic rings. The van der Waals surface area contributed by atoms with Crippen LogP contribution in [0.4, 0.5) is 18.3 Å². The Morgan fingerprint density at radius 2 is 1.95 bits per heavy atom. The van der Waals surface area contributed by atoms with Gasteiger partial charge in [0.25, 0.3) is 5.78 Å². The van der Waals surface area contributed by atoms with E-state index in [1.807, 2.05) is 30.3 Å². The number of hydrogen-bond donors (Lipinski definition) is 1. The summed E-state index contributed by atoms with van der Waals surface area (Å²) in [5.74, 6) is -2.10. The van der Waals surface area contributed by atoms with Crippen LogP contribution in [0.15, 0.2) is 46.9 Å². The maximum atomic E-state index is 12.1. The molecule has 0 aliphatic heterocycles. The number of nitrogens with one attached hydrogen (secondary N) is 1. The number of nitrogens with zero attached hydrogens (tertiary/aromatic N) is 1. The highest BCUT2D eigenvalue weighted by atomic mass is 35.5. The van der Waals surface area contributed by atoms with Crippen LogP contribution in [0.5, 0.6) is 0 Å². The number of thiazole rings is 1. The van der Waals surface area contributed by atoms with Gasteiger partial charge in [0.15, 0.2) is 5.13 Å². The summed E-state index contributed by atoms with van der Waals surface area (Å²) in [7, 11) is 0. The molecule has 110 valence electrons. The fourth-order valence-corrected chi connectivity index (χ4v) is 2.26. The molecule has 1 heterocycles. The zero-order chi connectivity index (χ0) is 15.5. The number of halogens is 4. The van der Waals surface area contributed by atoms with Gasteiger partial charge in [0.1, 0.15) is 5.03 Å². The van der Waals surface area contributed by atoms with E-state index in [9.17, 15) is 18.0 Å². The van der Waals surface area contributed by atoms with Crippen molar-refractivity contribution in [2.24, 2.45) is 0 Å². The zero-order valence-electron chi connectivity index (χ0n) is 10.3. The number of carbonyl (C=O) groups is 1. The van der Waals surface area contributed by atoms with Crippen molar-refractivity contribution in [1.29, 1.82) is 0 Å². The number of aromatic nitrogens is 1. The van der Waals surface area contributed by atoms with Crippen molar-refractivity contribution in [3.63, 3.8) is 0 Å². The number of Topliss-reactive ketones (excluding diaryl/α,β-unsaturated/α-hetero) is 1. The standard InChI is InChI=1S/C13H8ClF3N2OS/c14-9(11(20)13(15,16)17)6-18-12-19-10(7-21-12)8-4-2-1-3-5-8/h1-7H,(H,18,19)/b9-6-. The SMILES string of the molecule is O=C(/C(Cl)=C/Nc1nc(-c2ccccc2)cs1)C(F)(F)F. The smallest absolute Gasteiger partial charge is 0.336 e. The molecule has 1 aromatic carbocycles. The number of alkyl halides is 3. The molecule has 0 saturated heterocycles. The van der Waals surface area contributed by atoms with Gasteiger partial charge in [0, 0.05) is 17.1 Å². The summed E-state index contributed by atoms with van der Waals surface area (Å²) in [5.41, 5.74) is 1.55. The Bertz CT molecular complexity index is 668. The Kier molecular flexibility index (Phi) is 4.64. The fourth-order valence-electron chi connectivity index (χ4n) is 1.41. The molecule has 0 radical (unpaired) electrons. The van der Waals surface area contributed by atoms with Crippen LogP contribution in [0.2, 0.25) is 0 Å². The van der Waals surface area contributed by atoms with E-state index in [1.54, 1.807) is 5.38 Å². The maximum Gasteiger partial charge on any atom is 0.455 e.